The summed E-state index contributed by atoms with van der Waals surface area (Å²) < 4.78 is 6.04. The van der Waals surface area contributed by atoms with Crippen molar-refractivity contribution in [3.8, 4) is 34.0 Å². The Morgan fingerprint density at radius 1 is 0.514 bits per heavy atom. The Balaban J connectivity index is 1.38. The van der Waals surface area contributed by atoms with Crippen molar-refractivity contribution in [3.05, 3.63) is 127 Å². The van der Waals surface area contributed by atoms with Gasteiger partial charge in [0.1, 0.15) is 11.5 Å². The highest BCUT2D eigenvalue weighted by molar-refractivity contribution is 7.99. The molecule has 2 N–H and O–H groups in total. The van der Waals surface area contributed by atoms with Crippen LogP contribution in [0.3, 0.4) is 0 Å². The Hall–Kier alpha value is -4.61. The van der Waals surface area contributed by atoms with Crippen molar-refractivity contribution in [1.29, 1.82) is 0 Å². The van der Waals surface area contributed by atoms with E-state index in [4.69, 9.17) is 20.4 Å². The van der Waals surface area contributed by atoms with Crippen LogP contribution >= 0.6 is 11.8 Å². The summed E-state index contributed by atoms with van der Waals surface area (Å²) >= 11 is 1.74. The maximum absolute atomic E-state index is 6.04. The minimum atomic E-state index is 0.695. The number of nitrogen functional groups attached to an aromatic ring is 1. The van der Waals surface area contributed by atoms with Crippen LogP contribution in [-0.2, 0) is 0 Å². The standard InChI is InChI=1S/C32H23N3OS/c33-24-13-15-25(16-14-24)36-26-17-20-29-30(21-26)35-31(22-7-3-1-4-8-22)32(34-29)23-11-18-28(19-12-23)37-27-9-5-2-6-10-27/h1-21H,33H2. The van der Waals surface area contributed by atoms with Gasteiger partial charge in [-0.25, -0.2) is 9.97 Å². The number of anilines is 1. The van der Waals surface area contributed by atoms with E-state index in [0.29, 0.717) is 11.4 Å². The molecule has 6 aromatic rings. The monoisotopic (exact) mass is 497 g/mol. The molecule has 0 aliphatic carbocycles. The van der Waals surface area contributed by atoms with Gasteiger partial charge in [0.25, 0.3) is 0 Å². The number of fused-ring (bicyclic) bond motifs is 1. The topological polar surface area (TPSA) is 61.0 Å². The third-order valence-corrected chi connectivity index (χ3v) is 6.92. The lowest BCUT2D eigenvalue weighted by molar-refractivity contribution is 0.483. The molecule has 4 nitrogen and oxygen atoms in total. The molecule has 0 spiro atoms. The minimum Gasteiger partial charge on any atom is -0.457 e. The second kappa shape index (κ2) is 10.2. The van der Waals surface area contributed by atoms with E-state index in [9.17, 15) is 0 Å². The molecule has 0 atom stereocenters. The Morgan fingerprint density at radius 3 is 1.78 bits per heavy atom. The van der Waals surface area contributed by atoms with Gasteiger partial charge >= 0.3 is 0 Å². The van der Waals surface area contributed by atoms with E-state index in [1.54, 1.807) is 11.8 Å². The summed E-state index contributed by atoms with van der Waals surface area (Å²) in [6.07, 6.45) is 0. The van der Waals surface area contributed by atoms with Crippen molar-refractivity contribution in [2.24, 2.45) is 0 Å². The molecule has 0 radical (unpaired) electrons. The van der Waals surface area contributed by atoms with Crippen LogP contribution in [0.2, 0.25) is 0 Å². The average molecular weight is 498 g/mol. The zero-order valence-corrected chi connectivity index (χ0v) is 20.7. The quantitative estimate of drug-likeness (QED) is 0.234. The van der Waals surface area contributed by atoms with Crippen LogP contribution in [0.1, 0.15) is 0 Å². The van der Waals surface area contributed by atoms with E-state index >= 15 is 0 Å². The molecule has 0 saturated heterocycles. The molecule has 0 bridgehead atoms. The SMILES string of the molecule is Nc1ccc(Oc2ccc3nc(-c4ccc(Sc5ccccc5)cc4)c(-c4ccccc4)nc3c2)cc1. The highest BCUT2D eigenvalue weighted by atomic mass is 32.2. The Bertz CT molecular complexity index is 1650. The molecule has 6 rings (SSSR count). The molecule has 5 heteroatoms. The molecule has 0 aliphatic rings. The van der Waals surface area contributed by atoms with Gasteiger partial charge in [0.05, 0.1) is 22.4 Å². The average Bonchev–Trinajstić information content (AvgIpc) is 2.95. The van der Waals surface area contributed by atoms with E-state index in [0.717, 1.165) is 39.3 Å². The van der Waals surface area contributed by atoms with Crippen molar-refractivity contribution < 1.29 is 4.74 Å². The summed E-state index contributed by atoms with van der Waals surface area (Å²) in [4.78, 5) is 12.5. The van der Waals surface area contributed by atoms with Crippen LogP contribution in [-0.4, -0.2) is 9.97 Å². The number of aromatic nitrogens is 2. The number of benzene rings is 5. The number of nitrogens with two attached hydrogens (primary N) is 1. The minimum absolute atomic E-state index is 0.695. The fraction of sp³-hybridized carbons (Fsp3) is 0. The smallest absolute Gasteiger partial charge is 0.129 e. The fourth-order valence-corrected chi connectivity index (χ4v) is 4.91. The Morgan fingerprint density at radius 2 is 1.08 bits per heavy atom. The number of rotatable bonds is 6. The molecule has 0 fully saturated rings. The van der Waals surface area contributed by atoms with Crippen molar-refractivity contribution in [3.63, 3.8) is 0 Å². The first kappa shape index (κ1) is 22.8. The third kappa shape index (κ3) is 5.17. The highest BCUT2D eigenvalue weighted by Crippen LogP contribution is 2.35. The summed E-state index contributed by atoms with van der Waals surface area (Å²) in [5.74, 6) is 1.41. The zero-order valence-electron chi connectivity index (χ0n) is 19.9. The Labute approximate surface area is 219 Å². The van der Waals surface area contributed by atoms with E-state index < -0.39 is 0 Å². The number of hydrogen-bond donors (Lipinski definition) is 1. The zero-order chi connectivity index (χ0) is 25.0. The molecule has 0 saturated carbocycles. The Kier molecular flexibility index (Phi) is 6.28. The lowest BCUT2D eigenvalue weighted by Crippen LogP contribution is -1.96. The first-order valence-corrected chi connectivity index (χ1v) is 12.8. The fourth-order valence-electron chi connectivity index (χ4n) is 4.07. The van der Waals surface area contributed by atoms with Crippen molar-refractivity contribution in [2.45, 2.75) is 9.79 Å². The molecule has 0 aliphatic heterocycles. The molecular weight excluding hydrogens is 474 g/mol. The third-order valence-electron chi connectivity index (χ3n) is 5.91. The van der Waals surface area contributed by atoms with Gasteiger partial charge in [0.15, 0.2) is 0 Å². The maximum atomic E-state index is 6.04. The molecule has 5 aromatic carbocycles. The first-order chi connectivity index (χ1) is 18.2. The normalized spacial score (nSPS) is 10.9. The van der Waals surface area contributed by atoms with Gasteiger partial charge in [-0.1, -0.05) is 72.4 Å². The van der Waals surface area contributed by atoms with E-state index in [-0.39, 0.29) is 0 Å². The second-order valence-electron chi connectivity index (χ2n) is 8.55. The van der Waals surface area contributed by atoms with E-state index in [2.05, 4.69) is 60.7 Å². The lowest BCUT2D eigenvalue weighted by Gasteiger charge is -2.12. The predicted molar refractivity (Wildman–Crippen MR) is 152 cm³/mol. The summed E-state index contributed by atoms with van der Waals surface area (Å²) in [6, 6.07) is 42.2. The number of hydrogen-bond acceptors (Lipinski definition) is 5. The summed E-state index contributed by atoms with van der Waals surface area (Å²) in [5.41, 5.74) is 11.8. The van der Waals surface area contributed by atoms with Crippen LogP contribution in [0.25, 0.3) is 33.5 Å². The van der Waals surface area contributed by atoms with Crippen LogP contribution in [0.5, 0.6) is 11.5 Å². The summed E-state index contributed by atoms with van der Waals surface area (Å²) in [6.45, 7) is 0. The molecule has 37 heavy (non-hydrogen) atoms. The van der Waals surface area contributed by atoms with Crippen molar-refractivity contribution in [2.75, 3.05) is 5.73 Å². The molecule has 1 aromatic heterocycles. The summed E-state index contributed by atoms with van der Waals surface area (Å²) in [7, 11) is 0. The van der Waals surface area contributed by atoms with Gasteiger partial charge in [0.2, 0.25) is 0 Å². The number of nitrogens with zero attached hydrogens (tertiary/aromatic N) is 2. The van der Waals surface area contributed by atoms with Gasteiger partial charge in [-0.05, 0) is 60.7 Å². The number of ether oxygens (including phenoxy) is 1. The largest absolute Gasteiger partial charge is 0.457 e. The maximum Gasteiger partial charge on any atom is 0.129 e. The van der Waals surface area contributed by atoms with Crippen molar-refractivity contribution >= 4 is 28.5 Å². The van der Waals surface area contributed by atoms with Crippen LogP contribution in [0.15, 0.2) is 137 Å². The molecule has 0 amide bonds. The van der Waals surface area contributed by atoms with Crippen LogP contribution < -0.4 is 10.5 Å². The van der Waals surface area contributed by atoms with Gasteiger partial charge in [-0.15, -0.1) is 0 Å². The van der Waals surface area contributed by atoms with Crippen molar-refractivity contribution in [1.82, 2.24) is 9.97 Å². The molecular formula is C32H23N3OS. The highest BCUT2D eigenvalue weighted by Gasteiger charge is 2.14. The lowest BCUT2D eigenvalue weighted by atomic mass is 10.0. The predicted octanol–water partition coefficient (Wildman–Crippen LogP) is 8.49. The van der Waals surface area contributed by atoms with Gasteiger partial charge in [0, 0.05) is 32.7 Å². The van der Waals surface area contributed by atoms with E-state index in [1.165, 1.54) is 9.79 Å². The first-order valence-electron chi connectivity index (χ1n) is 12.0. The van der Waals surface area contributed by atoms with Crippen LogP contribution in [0, 0.1) is 0 Å². The van der Waals surface area contributed by atoms with E-state index in [1.807, 2.05) is 66.7 Å². The molecule has 0 unspecified atom stereocenters. The second-order valence-corrected chi connectivity index (χ2v) is 9.69. The summed E-state index contributed by atoms with van der Waals surface area (Å²) in [5, 5.41) is 0. The van der Waals surface area contributed by atoms with Crippen LogP contribution in [0.4, 0.5) is 5.69 Å². The van der Waals surface area contributed by atoms with Gasteiger partial charge in [-0.3, -0.25) is 0 Å². The molecule has 1 heterocycles. The molecule has 178 valence electrons. The van der Waals surface area contributed by atoms with Gasteiger partial charge < -0.3 is 10.5 Å². The van der Waals surface area contributed by atoms with Gasteiger partial charge in [-0.2, -0.15) is 0 Å².